The molecule has 6 aromatic carbocycles. The Bertz CT molecular complexity index is 1790. The van der Waals surface area contributed by atoms with Crippen LogP contribution in [0.15, 0.2) is 91.0 Å². The van der Waals surface area contributed by atoms with E-state index in [1.54, 1.807) is 40.6 Å². The number of benzene rings is 6. The number of ether oxygens (including phenoxy) is 4. The zero-order chi connectivity index (χ0) is 27.1. The van der Waals surface area contributed by atoms with Gasteiger partial charge in [-0.2, -0.15) is 0 Å². The van der Waals surface area contributed by atoms with Crippen LogP contribution in [0.4, 0.5) is 4.39 Å². The number of hydrogen-bond acceptors (Lipinski definition) is 4. The van der Waals surface area contributed by atoms with Crippen LogP contribution in [0.5, 0.6) is 23.0 Å². The van der Waals surface area contributed by atoms with Crippen LogP contribution in [0.2, 0.25) is 0 Å². The molecule has 39 heavy (non-hydrogen) atoms. The zero-order valence-electron chi connectivity index (χ0n) is 22.2. The minimum absolute atomic E-state index is 0.293. The summed E-state index contributed by atoms with van der Waals surface area (Å²) in [5, 5.41) is 6.14. The van der Waals surface area contributed by atoms with E-state index in [-0.39, 0.29) is 5.82 Å². The lowest BCUT2D eigenvalue weighted by Gasteiger charge is -2.21. The lowest BCUT2D eigenvalue weighted by Crippen LogP contribution is -1.97. The van der Waals surface area contributed by atoms with Crippen molar-refractivity contribution < 1.29 is 23.3 Å². The van der Waals surface area contributed by atoms with Crippen LogP contribution in [-0.4, -0.2) is 28.4 Å². The van der Waals surface area contributed by atoms with Crippen LogP contribution < -0.4 is 18.9 Å². The molecule has 194 valence electrons. The van der Waals surface area contributed by atoms with Gasteiger partial charge in [0.25, 0.3) is 0 Å². The number of halogens is 1. The minimum Gasteiger partial charge on any atom is -0.493 e. The van der Waals surface area contributed by atoms with E-state index >= 15 is 0 Å². The molecule has 0 saturated heterocycles. The monoisotopic (exact) mass is 518 g/mol. The molecule has 4 nitrogen and oxygen atoms in total. The fourth-order valence-corrected chi connectivity index (χ4v) is 5.46. The predicted octanol–water partition coefficient (Wildman–Crippen LogP) is 8.65. The average molecular weight is 519 g/mol. The first kappa shape index (κ1) is 24.6. The van der Waals surface area contributed by atoms with Gasteiger partial charge in [-0.15, -0.1) is 0 Å². The van der Waals surface area contributed by atoms with E-state index in [0.717, 1.165) is 54.6 Å². The lowest BCUT2D eigenvalue weighted by molar-refractivity contribution is 0.355. The molecule has 0 aliphatic rings. The molecular weight excluding hydrogens is 491 g/mol. The molecule has 0 aliphatic carbocycles. The molecule has 6 rings (SSSR count). The van der Waals surface area contributed by atoms with Crippen molar-refractivity contribution in [3.63, 3.8) is 0 Å². The third-order valence-electron chi connectivity index (χ3n) is 7.30. The highest BCUT2D eigenvalue weighted by Crippen LogP contribution is 2.49. The smallest absolute Gasteiger partial charge is 0.161 e. The van der Waals surface area contributed by atoms with Gasteiger partial charge in [0, 0.05) is 0 Å². The summed E-state index contributed by atoms with van der Waals surface area (Å²) in [6.45, 7) is 0. The third-order valence-corrected chi connectivity index (χ3v) is 7.30. The molecule has 6 aromatic rings. The Morgan fingerprint density at radius 1 is 0.436 bits per heavy atom. The lowest BCUT2D eigenvalue weighted by atomic mass is 9.85. The maximum absolute atomic E-state index is 14.0. The Hall–Kier alpha value is -4.77. The maximum Gasteiger partial charge on any atom is 0.161 e. The summed E-state index contributed by atoms with van der Waals surface area (Å²) in [4.78, 5) is 0. The van der Waals surface area contributed by atoms with Gasteiger partial charge in [-0.25, -0.2) is 4.39 Å². The summed E-state index contributed by atoms with van der Waals surface area (Å²) < 4.78 is 36.9. The van der Waals surface area contributed by atoms with E-state index in [1.807, 2.05) is 36.4 Å². The number of fused-ring (bicyclic) bond motifs is 3. The summed E-state index contributed by atoms with van der Waals surface area (Å²) >= 11 is 0. The molecule has 0 bridgehead atoms. The van der Waals surface area contributed by atoms with Gasteiger partial charge in [0.15, 0.2) is 23.0 Å². The molecule has 0 saturated carbocycles. The molecule has 0 N–H and O–H groups in total. The average Bonchev–Trinajstić information content (AvgIpc) is 2.98. The van der Waals surface area contributed by atoms with Gasteiger partial charge in [-0.1, -0.05) is 48.5 Å². The summed E-state index contributed by atoms with van der Waals surface area (Å²) in [5.74, 6) is 2.17. The molecule has 0 radical (unpaired) electrons. The highest BCUT2D eigenvalue weighted by molar-refractivity contribution is 6.22. The van der Waals surface area contributed by atoms with Crippen molar-refractivity contribution in [3.8, 4) is 45.3 Å². The van der Waals surface area contributed by atoms with E-state index in [2.05, 4.69) is 30.3 Å². The molecule has 0 heterocycles. The zero-order valence-corrected chi connectivity index (χ0v) is 22.2. The van der Waals surface area contributed by atoms with Crippen molar-refractivity contribution in [2.24, 2.45) is 0 Å². The van der Waals surface area contributed by atoms with Crippen molar-refractivity contribution in [2.75, 3.05) is 28.4 Å². The van der Waals surface area contributed by atoms with Gasteiger partial charge in [0.05, 0.1) is 28.4 Å². The summed E-state index contributed by atoms with van der Waals surface area (Å²) in [7, 11) is 6.52. The van der Waals surface area contributed by atoms with Crippen molar-refractivity contribution in [3.05, 3.63) is 96.8 Å². The standard InChI is InChI=1S/C34H27FO4/c1-36-29-16-25-27(18-31(29)38-3)34(23-10-9-20-7-5-6-8-22(20)15-23)28-19-32(39-4)30(37-2)17-26(28)33(25)21-11-13-24(35)14-12-21/h5-19H,1-4H3. The number of rotatable bonds is 6. The SMILES string of the molecule is COc1cc2c(-c3ccc(F)cc3)c3cc(OC)c(OC)cc3c(-c3ccc4ccccc4c3)c2cc1OC. The number of methoxy groups -OCH3 is 4. The van der Waals surface area contributed by atoms with Crippen LogP contribution in [-0.2, 0) is 0 Å². The number of hydrogen-bond donors (Lipinski definition) is 0. The molecule has 0 aromatic heterocycles. The molecular formula is C34H27FO4. The first-order valence-electron chi connectivity index (χ1n) is 12.6. The molecule has 0 unspecified atom stereocenters. The van der Waals surface area contributed by atoms with Crippen LogP contribution in [0.1, 0.15) is 0 Å². The maximum atomic E-state index is 14.0. The Morgan fingerprint density at radius 3 is 1.31 bits per heavy atom. The van der Waals surface area contributed by atoms with Crippen molar-refractivity contribution >= 4 is 32.3 Å². The predicted molar refractivity (Wildman–Crippen MR) is 156 cm³/mol. The summed E-state index contributed by atoms with van der Waals surface area (Å²) in [6, 6.07) is 29.4. The van der Waals surface area contributed by atoms with Crippen molar-refractivity contribution in [2.45, 2.75) is 0 Å². The highest BCUT2D eigenvalue weighted by atomic mass is 19.1. The van der Waals surface area contributed by atoms with Gasteiger partial charge in [-0.3, -0.25) is 0 Å². The van der Waals surface area contributed by atoms with Crippen LogP contribution in [0.3, 0.4) is 0 Å². The van der Waals surface area contributed by atoms with Gasteiger partial charge in [-0.05, 0) is 97.0 Å². The van der Waals surface area contributed by atoms with E-state index < -0.39 is 0 Å². The molecule has 0 atom stereocenters. The summed E-state index contributed by atoms with van der Waals surface area (Å²) in [6.07, 6.45) is 0. The molecule has 0 aliphatic heterocycles. The molecule has 0 fully saturated rings. The molecule has 0 amide bonds. The van der Waals surface area contributed by atoms with E-state index in [1.165, 1.54) is 12.1 Å². The molecule has 5 heteroatoms. The fourth-order valence-electron chi connectivity index (χ4n) is 5.46. The largest absolute Gasteiger partial charge is 0.493 e. The third kappa shape index (κ3) is 4.07. The Kier molecular flexibility index (Phi) is 6.20. The van der Waals surface area contributed by atoms with Gasteiger partial charge < -0.3 is 18.9 Å². The van der Waals surface area contributed by atoms with Gasteiger partial charge >= 0.3 is 0 Å². The minimum atomic E-state index is -0.293. The second kappa shape index (κ2) is 9.84. The quantitative estimate of drug-likeness (QED) is 0.207. The first-order chi connectivity index (χ1) is 19.1. The van der Waals surface area contributed by atoms with E-state index in [4.69, 9.17) is 18.9 Å². The second-order valence-electron chi connectivity index (χ2n) is 9.32. The first-order valence-corrected chi connectivity index (χ1v) is 12.6. The fraction of sp³-hybridized carbons (Fsp3) is 0.118. The van der Waals surface area contributed by atoms with Crippen LogP contribution >= 0.6 is 0 Å². The second-order valence-corrected chi connectivity index (χ2v) is 9.32. The van der Waals surface area contributed by atoms with Crippen LogP contribution in [0.25, 0.3) is 54.6 Å². The van der Waals surface area contributed by atoms with Crippen molar-refractivity contribution in [1.29, 1.82) is 0 Å². The highest BCUT2D eigenvalue weighted by Gasteiger charge is 2.22. The van der Waals surface area contributed by atoms with Gasteiger partial charge in [0.2, 0.25) is 0 Å². The van der Waals surface area contributed by atoms with Gasteiger partial charge in [0.1, 0.15) is 5.82 Å². The Labute approximate surface area is 226 Å². The van der Waals surface area contributed by atoms with E-state index in [0.29, 0.717) is 23.0 Å². The summed E-state index contributed by atoms with van der Waals surface area (Å²) in [5.41, 5.74) is 3.88. The van der Waals surface area contributed by atoms with Crippen molar-refractivity contribution in [1.82, 2.24) is 0 Å². The topological polar surface area (TPSA) is 36.9 Å². The Balaban J connectivity index is 1.86. The molecule has 0 spiro atoms. The normalized spacial score (nSPS) is 11.2. The Morgan fingerprint density at radius 2 is 0.846 bits per heavy atom. The van der Waals surface area contributed by atoms with E-state index in [9.17, 15) is 4.39 Å². The van der Waals surface area contributed by atoms with Crippen LogP contribution in [0, 0.1) is 5.82 Å².